The molecule has 1 aliphatic heterocycles. The molecule has 0 saturated heterocycles. The largest absolute Gasteiger partial charge is 0.472 e. The SMILES string of the molecule is COC(=O)C1=CO[C@H](O)C2C(COC(C)=O)=C[C@H](O)C12. The van der Waals surface area contributed by atoms with Crippen molar-refractivity contribution in [2.45, 2.75) is 19.3 Å². The number of carbonyl (C=O) groups is 2. The van der Waals surface area contributed by atoms with Crippen LogP contribution in [0.2, 0.25) is 0 Å². The number of rotatable bonds is 3. The Morgan fingerprint density at radius 1 is 1.35 bits per heavy atom. The highest BCUT2D eigenvalue weighted by Crippen LogP contribution is 2.42. The zero-order valence-electron chi connectivity index (χ0n) is 11.1. The number of esters is 2. The van der Waals surface area contributed by atoms with E-state index in [1.54, 1.807) is 0 Å². The van der Waals surface area contributed by atoms with Gasteiger partial charge in [-0.25, -0.2) is 4.79 Å². The normalized spacial score (nSPS) is 31.6. The first-order chi connectivity index (χ1) is 9.45. The van der Waals surface area contributed by atoms with E-state index in [1.807, 2.05) is 0 Å². The second-order valence-corrected chi connectivity index (χ2v) is 4.66. The zero-order chi connectivity index (χ0) is 14.9. The quantitative estimate of drug-likeness (QED) is 0.531. The molecule has 0 fully saturated rings. The van der Waals surface area contributed by atoms with Crippen molar-refractivity contribution in [3.05, 3.63) is 23.5 Å². The van der Waals surface area contributed by atoms with Gasteiger partial charge >= 0.3 is 11.9 Å². The monoisotopic (exact) mass is 284 g/mol. The molecule has 0 aromatic rings. The van der Waals surface area contributed by atoms with E-state index in [-0.39, 0.29) is 12.2 Å². The summed E-state index contributed by atoms with van der Waals surface area (Å²) in [6, 6.07) is 0. The number of aliphatic hydroxyl groups excluding tert-OH is 2. The lowest BCUT2D eigenvalue weighted by atomic mass is 9.82. The van der Waals surface area contributed by atoms with Crippen LogP contribution in [-0.2, 0) is 23.8 Å². The Balaban J connectivity index is 2.23. The van der Waals surface area contributed by atoms with E-state index in [2.05, 4.69) is 4.74 Å². The van der Waals surface area contributed by atoms with Crippen molar-refractivity contribution in [2.75, 3.05) is 13.7 Å². The highest BCUT2D eigenvalue weighted by atomic mass is 16.6. The van der Waals surface area contributed by atoms with Crippen molar-refractivity contribution in [1.82, 2.24) is 0 Å². The summed E-state index contributed by atoms with van der Waals surface area (Å²) in [5.41, 5.74) is 0.657. The molecule has 0 saturated carbocycles. The van der Waals surface area contributed by atoms with E-state index in [1.165, 1.54) is 20.1 Å². The zero-order valence-corrected chi connectivity index (χ0v) is 11.1. The molecular formula is C13H16O7. The van der Waals surface area contributed by atoms with Crippen molar-refractivity contribution in [3.63, 3.8) is 0 Å². The number of fused-ring (bicyclic) bond motifs is 1. The summed E-state index contributed by atoms with van der Waals surface area (Å²) in [7, 11) is 1.22. The number of hydrogen-bond acceptors (Lipinski definition) is 7. The first kappa shape index (κ1) is 14.5. The molecule has 1 aliphatic carbocycles. The summed E-state index contributed by atoms with van der Waals surface area (Å²) in [4.78, 5) is 22.5. The van der Waals surface area contributed by atoms with Gasteiger partial charge in [-0.15, -0.1) is 0 Å². The summed E-state index contributed by atoms with van der Waals surface area (Å²) in [5.74, 6) is -2.42. The van der Waals surface area contributed by atoms with Gasteiger partial charge in [0.1, 0.15) is 6.61 Å². The molecule has 110 valence electrons. The third kappa shape index (κ3) is 2.54. The lowest BCUT2D eigenvalue weighted by Crippen LogP contribution is -2.39. The van der Waals surface area contributed by atoms with Gasteiger partial charge < -0.3 is 24.4 Å². The second kappa shape index (κ2) is 5.64. The minimum Gasteiger partial charge on any atom is -0.472 e. The standard InChI is InChI=1S/C13H16O7/c1-6(14)19-4-7-3-9(15)11-8(12(16)18-2)5-20-13(17)10(7)11/h3,5,9-11,13,15,17H,4H2,1-2H3/t9-,10?,11?,13-/m0/s1. The molecule has 0 aromatic heterocycles. The summed E-state index contributed by atoms with van der Waals surface area (Å²) in [5, 5.41) is 20.0. The van der Waals surface area contributed by atoms with Crippen LogP contribution < -0.4 is 0 Å². The number of methoxy groups -OCH3 is 1. The number of carbonyl (C=O) groups excluding carboxylic acids is 2. The predicted octanol–water partition coefficient (Wildman–Crippen LogP) is -0.512. The maximum Gasteiger partial charge on any atom is 0.337 e. The van der Waals surface area contributed by atoms with Gasteiger partial charge in [-0.05, 0) is 5.57 Å². The molecule has 2 unspecified atom stereocenters. The first-order valence-electron chi connectivity index (χ1n) is 6.09. The Kier molecular flexibility index (Phi) is 4.10. The number of hydrogen-bond donors (Lipinski definition) is 2. The van der Waals surface area contributed by atoms with E-state index >= 15 is 0 Å². The first-order valence-corrected chi connectivity index (χ1v) is 6.09. The molecule has 20 heavy (non-hydrogen) atoms. The van der Waals surface area contributed by atoms with Crippen molar-refractivity contribution >= 4 is 11.9 Å². The van der Waals surface area contributed by atoms with Crippen LogP contribution in [0.4, 0.5) is 0 Å². The van der Waals surface area contributed by atoms with Crippen LogP contribution in [0.15, 0.2) is 23.5 Å². The molecule has 7 nitrogen and oxygen atoms in total. The van der Waals surface area contributed by atoms with Crippen LogP contribution in [0, 0.1) is 11.8 Å². The smallest absolute Gasteiger partial charge is 0.337 e. The molecule has 0 aromatic carbocycles. The van der Waals surface area contributed by atoms with Crippen molar-refractivity contribution in [2.24, 2.45) is 11.8 Å². The minimum atomic E-state index is -1.22. The number of aliphatic hydroxyl groups is 2. The van der Waals surface area contributed by atoms with E-state index in [0.29, 0.717) is 5.57 Å². The Morgan fingerprint density at radius 3 is 2.65 bits per heavy atom. The van der Waals surface area contributed by atoms with Gasteiger partial charge in [0.2, 0.25) is 6.29 Å². The van der Waals surface area contributed by atoms with Gasteiger partial charge in [0.25, 0.3) is 0 Å². The van der Waals surface area contributed by atoms with Gasteiger partial charge in [0, 0.05) is 12.8 Å². The fraction of sp³-hybridized carbons (Fsp3) is 0.538. The van der Waals surface area contributed by atoms with Crippen LogP contribution in [-0.4, -0.2) is 48.3 Å². The molecule has 2 rings (SSSR count). The Hall–Kier alpha value is -1.86. The lowest BCUT2D eigenvalue weighted by Gasteiger charge is -2.32. The van der Waals surface area contributed by atoms with Crippen molar-refractivity contribution in [1.29, 1.82) is 0 Å². The van der Waals surface area contributed by atoms with Crippen LogP contribution in [0.3, 0.4) is 0 Å². The average molecular weight is 284 g/mol. The number of ether oxygens (including phenoxy) is 3. The third-order valence-corrected chi connectivity index (χ3v) is 3.43. The van der Waals surface area contributed by atoms with E-state index in [0.717, 1.165) is 6.26 Å². The highest BCUT2D eigenvalue weighted by molar-refractivity contribution is 5.89. The van der Waals surface area contributed by atoms with Gasteiger partial charge in [-0.2, -0.15) is 0 Å². The van der Waals surface area contributed by atoms with Gasteiger partial charge in [0.15, 0.2) is 0 Å². The summed E-state index contributed by atoms with van der Waals surface area (Å²) >= 11 is 0. The second-order valence-electron chi connectivity index (χ2n) is 4.66. The van der Waals surface area contributed by atoms with E-state index in [4.69, 9.17) is 9.47 Å². The maximum atomic E-state index is 11.7. The highest BCUT2D eigenvalue weighted by Gasteiger charge is 2.48. The van der Waals surface area contributed by atoms with Crippen molar-refractivity contribution < 1.29 is 34.0 Å². The molecule has 0 spiro atoms. The molecule has 7 heteroatoms. The topological polar surface area (TPSA) is 102 Å². The fourth-order valence-electron chi connectivity index (χ4n) is 2.55. The molecule has 0 bridgehead atoms. The molecule has 0 amide bonds. The van der Waals surface area contributed by atoms with E-state index < -0.39 is 36.2 Å². The Bertz CT molecular complexity index is 479. The average Bonchev–Trinajstić information content (AvgIpc) is 2.74. The Labute approximate surface area is 115 Å². The maximum absolute atomic E-state index is 11.7. The van der Waals surface area contributed by atoms with Crippen LogP contribution in [0.5, 0.6) is 0 Å². The van der Waals surface area contributed by atoms with Gasteiger partial charge in [0.05, 0.1) is 31.0 Å². The minimum absolute atomic E-state index is 0.0670. The molecule has 0 radical (unpaired) electrons. The molecule has 4 atom stereocenters. The van der Waals surface area contributed by atoms with E-state index in [9.17, 15) is 19.8 Å². The van der Waals surface area contributed by atoms with Crippen LogP contribution >= 0.6 is 0 Å². The van der Waals surface area contributed by atoms with Crippen molar-refractivity contribution in [3.8, 4) is 0 Å². The predicted molar refractivity (Wildman–Crippen MR) is 64.9 cm³/mol. The summed E-state index contributed by atoms with van der Waals surface area (Å²) < 4.78 is 14.5. The lowest BCUT2D eigenvalue weighted by molar-refractivity contribution is -0.146. The van der Waals surface area contributed by atoms with Crippen LogP contribution in [0.1, 0.15) is 6.92 Å². The van der Waals surface area contributed by atoms with Crippen LogP contribution in [0.25, 0.3) is 0 Å². The molecular weight excluding hydrogens is 268 g/mol. The molecule has 2 aliphatic rings. The summed E-state index contributed by atoms with van der Waals surface area (Å²) in [6.07, 6.45) is 0.373. The molecule has 1 heterocycles. The Morgan fingerprint density at radius 2 is 2.05 bits per heavy atom. The molecule has 2 N–H and O–H groups in total. The summed E-state index contributed by atoms with van der Waals surface area (Å²) in [6.45, 7) is 1.19. The van der Waals surface area contributed by atoms with Gasteiger partial charge in [-0.3, -0.25) is 4.79 Å². The fourth-order valence-corrected chi connectivity index (χ4v) is 2.55. The third-order valence-electron chi connectivity index (χ3n) is 3.43. The van der Waals surface area contributed by atoms with Gasteiger partial charge in [-0.1, -0.05) is 6.08 Å².